The van der Waals surface area contributed by atoms with Gasteiger partial charge in [-0.2, -0.15) is 0 Å². The highest BCUT2D eigenvalue weighted by Crippen LogP contribution is 2.24. The standard InChI is InChI=1S/C15H18INO4/c1-2-21-15(20)10-5-7-17(8-6-10)14(19)11-3-4-12(16)13(18)9-11/h3-4,9-10,18H,2,5-8H2,1H3. The normalized spacial score (nSPS) is 15.8. The number of phenols is 1. The number of benzene rings is 1. The van der Waals surface area contributed by atoms with Gasteiger partial charge in [0.1, 0.15) is 5.75 Å². The number of likely N-dealkylation sites (tertiary alicyclic amines) is 1. The van der Waals surface area contributed by atoms with E-state index in [-0.39, 0.29) is 23.5 Å². The maximum absolute atomic E-state index is 12.4. The first kappa shape index (κ1) is 16.1. The molecular weight excluding hydrogens is 385 g/mol. The molecule has 1 saturated heterocycles. The Morgan fingerprint density at radius 3 is 2.62 bits per heavy atom. The molecule has 1 amide bonds. The number of ether oxygens (including phenoxy) is 1. The number of hydrogen-bond donors (Lipinski definition) is 1. The van der Waals surface area contributed by atoms with Crippen LogP contribution in [-0.2, 0) is 9.53 Å². The fourth-order valence-corrected chi connectivity index (χ4v) is 2.74. The summed E-state index contributed by atoms with van der Waals surface area (Å²) in [7, 11) is 0. The maximum atomic E-state index is 12.4. The van der Waals surface area contributed by atoms with Gasteiger partial charge in [-0.3, -0.25) is 9.59 Å². The molecule has 1 aromatic carbocycles. The topological polar surface area (TPSA) is 66.8 Å². The number of rotatable bonds is 3. The molecule has 1 aliphatic rings. The summed E-state index contributed by atoms with van der Waals surface area (Å²) >= 11 is 2.01. The Hall–Kier alpha value is -1.31. The molecule has 6 heteroatoms. The summed E-state index contributed by atoms with van der Waals surface area (Å²) < 4.78 is 5.73. The van der Waals surface area contributed by atoms with Crippen LogP contribution in [0.25, 0.3) is 0 Å². The maximum Gasteiger partial charge on any atom is 0.309 e. The number of amides is 1. The largest absolute Gasteiger partial charge is 0.507 e. The van der Waals surface area contributed by atoms with Crippen molar-refractivity contribution in [3.63, 3.8) is 0 Å². The van der Waals surface area contributed by atoms with Crippen molar-refractivity contribution in [2.24, 2.45) is 5.92 Å². The molecule has 114 valence electrons. The van der Waals surface area contributed by atoms with E-state index in [0.717, 1.165) is 0 Å². The van der Waals surface area contributed by atoms with Crippen LogP contribution in [0.4, 0.5) is 0 Å². The van der Waals surface area contributed by atoms with Crippen molar-refractivity contribution < 1.29 is 19.4 Å². The van der Waals surface area contributed by atoms with E-state index in [9.17, 15) is 14.7 Å². The molecule has 1 aromatic rings. The fraction of sp³-hybridized carbons (Fsp3) is 0.467. The van der Waals surface area contributed by atoms with Crippen LogP contribution < -0.4 is 0 Å². The van der Waals surface area contributed by atoms with Crippen LogP contribution in [0.3, 0.4) is 0 Å². The van der Waals surface area contributed by atoms with Gasteiger partial charge in [-0.25, -0.2) is 0 Å². The Morgan fingerprint density at radius 1 is 1.38 bits per heavy atom. The van der Waals surface area contributed by atoms with Gasteiger partial charge in [0.25, 0.3) is 5.91 Å². The molecule has 0 unspecified atom stereocenters. The van der Waals surface area contributed by atoms with Crippen LogP contribution >= 0.6 is 22.6 Å². The fourth-order valence-electron chi connectivity index (χ4n) is 2.41. The van der Waals surface area contributed by atoms with Gasteiger partial charge in [0.2, 0.25) is 0 Å². The summed E-state index contributed by atoms with van der Waals surface area (Å²) in [6, 6.07) is 4.91. The van der Waals surface area contributed by atoms with Crippen LogP contribution in [0.1, 0.15) is 30.1 Å². The van der Waals surface area contributed by atoms with Crippen molar-refractivity contribution in [2.75, 3.05) is 19.7 Å². The van der Waals surface area contributed by atoms with Crippen molar-refractivity contribution >= 4 is 34.5 Å². The molecule has 0 spiro atoms. The van der Waals surface area contributed by atoms with E-state index in [1.54, 1.807) is 24.0 Å². The molecule has 1 fully saturated rings. The van der Waals surface area contributed by atoms with E-state index < -0.39 is 0 Å². The second kappa shape index (κ2) is 7.11. The third-order valence-electron chi connectivity index (χ3n) is 3.60. The summed E-state index contributed by atoms with van der Waals surface area (Å²) in [5.41, 5.74) is 0.475. The quantitative estimate of drug-likeness (QED) is 0.622. The molecule has 0 saturated carbocycles. The predicted molar refractivity (Wildman–Crippen MR) is 86.1 cm³/mol. The minimum Gasteiger partial charge on any atom is -0.507 e. The lowest BCUT2D eigenvalue weighted by Gasteiger charge is -2.31. The Labute approximate surface area is 137 Å². The molecule has 1 N–H and O–H groups in total. The van der Waals surface area contributed by atoms with Crippen molar-refractivity contribution in [2.45, 2.75) is 19.8 Å². The van der Waals surface area contributed by atoms with Crippen molar-refractivity contribution in [3.05, 3.63) is 27.3 Å². The zero-order valence-corrected chi connectivity index (χ0v) is 14.0. The number of halogens is 1. The van der Waals surface area contributed by atoms with Gasteiger partial charge in [0.15, 0.2) is 0 Å². The van der Waals surface area contributed by atoms with Crippen LogP contribution in [0.15, 0.2) is 18.2 Å². The molecule has 1 heterocycles. The highest BCUT2D eigenvalue weighted by molar-refractivity contribution is 14.1. The second-order valence-corrected chi connectivity index (χ2v) is 6.15. The number of esters is 1. The average molecular weight is 403 g/mol. The number of piperidine rings is 1. The third kappa shape index (κ3) is 3.87. The first-order valence-corrected chi connectivity index (χ1v) is 8.05. The Balaban J connectivity index is 1.97. The molecular formula is C15H18INO4. The van der Waals surface area contributed by atoms with Gasteiger partial charge in [-0.15, -0.1) is 0 Å². The lowest BCUT2D eigenvalue weighted by Crippen LogP contribution is -2.40. The van der Waals surface area contributed by atoms with Gasteiger partial charge in [0.05, 0.1) is 16.1 Å². The van der Waals surface area contributed by atoms with Crippen LogP contribution in [0.2, 0.25) is 0 Å². The molecule has 1 aliphatic heterocycles. The minimum atomic E-state index is -0.170. The van der Waals surface area contributed by atoms with Crippen molar-refractivity contribution in [1.29, 1.82) is 0 Å². The molecule has 0 bridgehead atoms. The number of hydrogen-bond acceptors (Lipinski definition) is 4. The molecule has 0 aromatic heterocycles. The van der Waals surface area contributed by atoms with E-state index in [4.69, 9.17) is 4.74 Å². The van der Waals surface area contributed by atoms with Gasteiger partial charge in [0, 0.05) is 18.7 Å². The molecule has 21 heavy (non-hydrogen) atoms. The Kier molecular flexibility index (Phi) is 5.44. The Morgan fingerprint density at radius 2 is 2.05 bits per heavy atom. The highest BCUT2D eigenvalue weighted by atomic mass is 127. The van der Waals surface area contributed by atoms with Gasteiger partial charge < -0.3 is 14.7 Å². The average Bonchev–Trinajstić information content (AvgIpc) is 2.50. The van der Waals surface area contributed by atoms with Gasteiger partial charge in [-0.05, 0) is 60.6 Å². The summed E-state index contributed by atoms with van der Waals surface area (Å²) in [5.74, 6) is -0.275. The number of nitrogens with zero attached hydrogens (tertiary/aromatic N) is 1. The van der Waals surface area contributed by atoms with Gasteiger partial charge >= 0.3 is 5.97 Å². The number of aromatic hydroxyl groups is 1. The monoisotopic (exact) mass is 403 g/mol. The number of carbonyl (C=O) groups excluding carboxylic acids is 2. The minimum absolute atomic E-state index is 0.107. The molecule has 0 aliphatic carbocycles. The van der Waals surface area contributed by atoms with Crippen molar-refractivity contribution in [3.8, 4) is 5.75 Å². The predicted octanol–water partition coefficient (Wildman–Crippen LogP) is 2.41. The summed E-state index contributed by atoms with van der Waals surface area (Å²) in [6.07, 6.45) is 1.25. The van der Waals surface area contributed by atoms with E-state index in [1.165, 1.54) is 6.07 Å². The number of phenolic OH excluding ortho intramolecular Hbond substituents is 1. The van der Waals surface area contributed by atoms with Crippen LogP contribution in [0.5, 0.6) is 5.75 Å². The summed E-state index contributed by atoms with van der Waals surface area (Å²) in [6.45, 7) is 3.25. The van der Waals surface area contributed by atoms with E-state index in [1.807, 2.05) is 22.6 Å². The first-order valence-electron chi connectivity index (χ1n) is 6.97. The zero-order valence-electron chi connectivity index (χ0n) is 11.8. The number of carbonyl (C=O) groups is 2. The van der Waals surface area contributed by atoms with Crippen LogP contribution in [0, 0.1) is 9.49 Å². The van der Waals surface area contributed by atoms with Crippen molar-refractivity contribution in [1.82, 2.24) is 4.90 Å². The molecule has 5 nitrogen and oxygen atoms in total. The first-order chi connectivity index (χ1) is 10.0. The zero-order chi connectivity index (χ0) is 15.4. The van der Waals surface area contributed by atoms with Crippen LogP contribution in [-0.4, -0.2) is 41.6 Å². The molecule has 0 radical (unpaired) electrons. The van der Waals surface area contributed by atoms with E-state index in [0.29, 0.717) is 41.7 Å². The van der Waals surface area contributed by atoms with E-state index in [2.05, 4.69) is 0 Å². The van der Waals surface area contributed by atoms with Gasteiger partial charge in [-0.1, -0.05) is 0 Å². The Bertz CT molecular complexity index is 538. The molecule has 2 rings (SSSR count). The summed E-state index contributed by atoms with van der Waals surface area (Å²) in [5, 5.41) is 9.68. The third-order valence-corrected chi connectivity index (χ3v) is 4.51. The smallest absolute Gasteiger partial charge is 0.309 e. The lowest BCUT2D eigenvalue weighted by atomic mass is 9.96. The van der Waals surface area contributed by atoms with E-state index >= 15 is 0 Å². The molecule has 0 atom stereocenters. The lowest BCUT2D eigenvalue weighted by molar-refractivity contribution is -0.149. The second-order valence-electron chi connectivity index (χ2n) is 4.98. The highest BCUT2D eigenvalue weighted by Gasteiger charge is 2.28. The summed E-state index contributed by atoms with van der Waals surface area (Å²) in [4.78, 5) is 25.7. The SMILES string of the molecule is CCOC(=O)C1CCN(C(=O)c2ccc(I)c(O)c2)CC1.